The predicted octanol–water partition coefficient (Wildman–Crippen LogP) is 0.776. The number of rotatable bonds is 6. The van der Waals surface area contributed by atoms with Crippen molar-refractivity contribution in [3.05, 3.63) is 36.0 Å². The minimum atomic E-state index is -1.72. The van der Waals surface area contributed by atoms with E-state index >= 15 is 0 Å². The lowest BCUT2D eigenvalue weighted by Crippen LogP contribution is -2.64. The molecule has 1 aliphatic rings. The number of nitrogens with one attached hydrogen (secondary N) is 2. The lowest BCUT2D eigenvalue weighted by molar-refractivity contribution is -0.236. The van der Waals surface area contributed by atoms with E-state index in [9.17, 15) is 34.8 Å². The Kier molecular flexibility index (Phi) is 9.47. The highest BCUT2D eigenvalue weighted by atomic mass is 16.6. The van der Waals surface area contributed by atoms with Gasteiger partial charge in [0.1, 0.15) is 41.7 Å². The summed E-state index contributed by atoms with van der Waals surface area (Å²) in [4.78, 5) is 39.0. The fourth-order valence-corrected chi connectivity index (χ4v) is 4.22. The summed E-state index contributed by atoms with van der Waals surface area (Å²) in [6.07, 6.45) is -7.90. The molecule has 1 fully saturated rings. The van der Waals surface area contributed by atoms with E-state index < -0.39 is 72.6 Å². The van der Waals surface area contributed by atoms with E-state index in [0.29, 0.717) is 16.5 Å². The molecule has 13 heteroatoms. The number of carbonyl (C=O) groups is 3. The van der Waals surface area contributed by atoms with Crippen molar-refractivity contribution in [2.24, 2.45) is 0 Å². The molecular formula is C27H39N3O10. The summed E-state index contributed by atoms with van der Waals surface area (Å²) in [5.41, 5.74) is -0.576. The maximum Gasteiger partial charge on any atom is 0.419 e. The average molecular weight is 566 g/mol. The molecule has 2 aromatic rings. The van der Waals surface area contributed by atoms with Gasteiger partial charge in [-0.2, -0.15) is 0 Å². The molecule has 0 radical (unpaired) electrons. The molecule has 0 saturated carbocycles. The zero-order valence-corrected chi connectivity index (χ0v) is 23.5. The van der Waals surface area contributed by atoms with Crippen LogP contribution in [0.5, 0.6) is 0 Å². The highest BCUT2D eigenvalue weighted by molar-refractivity contribution is 5.93. The van der Waals surface area contributed by atoms with Crippen molar-refractivity contribution in [3.63, 3.8) is 0 Å². The first kappa shape index (κ1) is 31.3. The van der Waals surface area contributed by atoms with Crippen LogP contribution in [0.1, 0.15) is 47.1 Å². The highest BCUT2D eigenvalue weighted by Gasteiger charge is 2.44. The van der Waals surface area contributed by atoms with Crippen molar-refractivity contribution in [3.8, 4) is 0 Å². The second-order valence-corrected chi connectivity index (χ2v) is 11.7. The smallest absolute Gasteiger partial charge is 0.419 e. The van der Waals surface area contributed by atoms with Gasteiger partial charge in [-0.15, -0.1) is 0 Å². The number of hydrogen-bond acceptors (Lipinski definition) is 10. The Balaban J connectivity index is 1.93. The first-order valence-electron chi connectivity index (χ1n) is 12.9. The third-order valence-electron chi connectivity index (χ3n) is 5.99. The SMILES string of the molecule is CC(C)(C)OC(=O)N[C@@H](Cc1cn(C(=O)OC(C)(C)C)c2ccccc12)C(=O)N[C@@H]1O[C@H](CO)[C@@H](O)[C@H](O)[C@H]1O. The number of ether oxygens (including phenoxy) is 3. The van der Waals surface area contributed by atoms with Gasteiger partial charge in [0.05, 0.1) is 12.1 Å². The van der Waals surface area contributed by atoms with Crippen LogP contribution < -0.4 is 10.6 Å². The first-order chi connectivity index (χ1) is 18.5. The Morgan fingerprint density at radius 2 is 1.60 bits per heavy atom. The number of amides is 2. The number of aromatic nitrogens is 1. The second kappa shape index (κ2) is 12.1. The average Bonchev–Trinajstić information content (AvgIpc) is 3.20. The van der Waals surface area contributed by atoms with Gasteiger partial charge in [0.2, 0.25) is 5.91 Å². The molecule has 1 aromatic carbocycles. The molecule has 0 unspecified atom stereocenters. The number of carbonyl (C=O) groups excluding carboxylic acids is 3. The molecule has 3 rings (SSSR count). The number of nitrogens with zero attached hydrogens (tertiary/aromatic N) is 1. The monoisotopic (exact) mass is 565 g/mol. The Bertz CT molecular complexity index is 1210. The molecule has 6 atom stereocenters. The van der Waals surface area contributed by atoms with Crippen LogP contribution in [0.2, 0.25) is 0 Å². The van der Waals surface area contributed by atoms with E-state index in [2.05, 4.69) is 10.6 Å². The fraction of sp³-hybridized carbons (Fsp3) is 0.593. The van der Waals surface area contributed by atoms with Crippen molar-refractivity contribution < 1.29 is 49.0 Å². The van der Waals surface area contributed by atoms with Crippen LogP contribution in [-0.4, -0.2) is 97.6 Å². The Labute approximate surface area is 232 Å². The van der Waals surface area contributed by atoms with Crippen molar-refractivity contribution in [2.45, 2.75) is 95.9 Å². The van der Waals surface area contributed by atoms with E-state index in [-0.39, 0.29) is 6.42 Å². The Morgan fingerprint density at radius 3 is 2.20 bits per heavy atom. The zero-order chi connectivity index (χ0) is 30.0. The highest BCUT2D eigenvalue weighted by Crippen LogP contribution is 2.25. The lowest BCUT2D eigenvalue weighted by Gasteiger charge is -2.40. The number of aliphatic hydroxyl groups excluding tert-OH is 4. The molecule has 0 bridgehead atoms. The minimum absolute atomic E-state index is 0.112. The standard InChI is InChI=1S/C27H39N3O10/c1-26(2,3)39-24(36)28-16(22(35)29-23-21(34)20(33)19(32)18(13-31)38-23)11-14-12-30(25(37)40-27(4,5)6)17-10-8-7-9-15(14)17/h7-10,12,16,18-21,23,31-34H,11,13H2,1-6H3,(H,28,36)(H,29,35)/t16-,18+,19+,20-,21+,23+/m0/s1. The zero-order valence-electron chi connectivity index (χ0n) is 23.5. The maximum atomic E-state index is 13.4. The van der Waals surface area contributed by atoms with Crippen molar-refractivity contribution in [1.29, 1.82) is 0 Å². The van der Waals surface area contributed by atoms with Crippen molar-refractivity contribution >= 4 is 29.0 Å². The summed E-state index contributed by atoms with van der Waals surface area (Å²) in [7, 11) is 0. The van der Waals surface area contributed by atoms with E-state index in [4.69, 9.17) is 14.2 Å². The number of alkyl carbamates (subject to hydrolysis) is 1. The summed E-state index contributed by atoms with van der Waals surface area (Å²) in [6.45, 7) is 9.50. The van der Waals surface area contributed by atoms with Gasteiger partial charge >= 0.3 is 12.2 Å². The van der Waals surface area contributed by atoms with Crippen LogP contribution >= 0.6 is 0 Å². The molecule has 2 heterocycles. The molecule has 1 aliphatic heterocycles. The van der Waals surface area contributed by atoms with Gasteiger partial charge in [-0.3, -0.25) is 9.36 Å². The summed E-state index contributed by atoms with van der Waals surface area (Å²) in [6, 6.07) is 5.68. The number of benzene rings is 1. The molecule has 222 valence electrons. The molecule has 0 aliphatic carbocycles. The van der Waals surface area contributed by atoms with Gasteiger partial charge in [0.25, 0.3) is 0 Å². The summed E-state index contributed by atoms with van der Waals surface area (Å²) in [5, 5.41) is 45.5. The van der Waals surface area contributed by atoms with Crippen LogP contribution in [0.15, 0.2) is 30.5 Å². The molecule has 40 heavy (non-hydrogen) atoms. The molecule has 0 spiro atoms. The number of hydrogen-bond donors (Lipinski definition) is 6. The van der Waals surface area contributed by atoms with Crippen LogP contribution in [-0.2, 0) is 25.4 Å². The van der Waals surface area contributed by atoms with E-state index in [1.165, 1.54) is 10.8 Å². The molecule has 13 nitrogen and oxygen atoms in total. The maximum absolute atomic E-state index is 13.4. The largest absolute Gasteiger partial charge is 0.444 e. The quantitative estimate of drug-likeness (QED) is 0.292. The Hall–Kier alpha value is -3.23. The topological polar surface area (TPSA) is 189 Å². The van der Waals surface area contributed by atoms with Gasteiger partial charge in [-0.25, -0.2) is 9.59 Å². The van der Waals surface area contributed by atoms with E-state index in [0.717, 1.165) is 0 Å². The normalized spacial score (nSPS) is 24.3. The second-order valence-electron chi connectivity index (χ2n) is 11.7. The fourth-order valence-electron chi connectivity index (χ4n) is 4.22. The van der Waals surface area contributed by atoms with Gasteiger partial charge < -0.3 is 45.3 Å². The van der Waals surface area contributed by atoms with E-state index in [1.54, 1.807) is 65.8 Å². The number of para-hydroxylation sites is 1. The van der Waals surface area contributed by atoms with E-state index in [1.807, 2.05) is 0 Å². The van der Waals surface area contributed by atoms with Crippen molar-refractivity contribution in [1.82, 2.24) is 15.2 Å². The van der Waals surface area contributed by atoms with Gasteiger partial charge in [-0.1, -0.05) is 18.2 Å². The molecule has 6 N–H and O–H groups in total. The molecule has 1 aromatic heterocycles. The molecule has 1 saturated heterocycles. The molecule has 2 amide bonds. The summed E-state index contributed by atoms with van der Waals surface area (Å²) >= 11 is 0. The minimum Gasteiger partial charge on any atom is -0.444 e. The third kappa shape index (κ3) is 7.70. The third-order valence-corrected chi connectivity index (χ3v) is 5.99. The van der Waals surface area contributed by atoms with Gasteiger partial charge in [-0.05, 0) is 53.2 Å². The molecular weight excluding hydrogens is 526 g/mol. The lowest BCUT2D eigenvalue weighted by atomic mass is 9.98. The van der Waals surface area contributed by atoms with Gasteiger partial charge in [0.15, 0.2) is 6.23 Å². The van der Waals surface area contributed by atoms with Crippen LogP contribution in [0, 0.1) is 0 Å². The van der Waals surface area contributed by atoms with Crippen LogP contribution in [0.3, 0.4) is 0 Å². The summed E-state index contributed by atoms with van der Waals surface area (Å²) in [5.74, 6) is -0.815. The number of aliphatic hydroxyl groups is 4. The van der Waals surface area contributed by atoms with Crippen LogP contribution in [0.4, 0.5) is 9.59 Å². The van der Waals surface area contributed by atoms with Crippen molar-refractivity contribution in [2.75, 3.05) is 6.61 Å². The summed E-state index contributed by atoms with van der Waals surface area (Å²) < 4.78 is 17.5. The predicted molar refractivity (Wildman–Crippen MR) is 142 cm³/mol. The van der Waals surface area contributed by atoms with Gasteiger partial charge in [0, 0.05) is 18.0 Å². The van der Waals surface area contributed by atoms with Crippen LogP contribution in [0.25, 0.3) is 10.9 Å². The Morgan fingerprint density at radius 1 is 0.975 bits per heavy atom. The first-order valence-corrected chi connectivity index (χ1v) is 12.9. The number of fused-ring (bicyclic) bond motifs is 1.